The third-order valence-corrected chi connectivity index (χ3v) is 6.34. The zero-order valence-corrected chi connectivity index (χ0v) is 18.0. The molecule has 2 aliphatic rings. The Balaban J connectivity index is 1.70. The first kappa shape index (κ1) is 20.5. The number of nitrogens with zero attached hydrogens (tertiary/aromatic N) is 4. The number of carbonyl (C=O) groups is 1. The van der Waals surface area contributed by atoms with Gasteiger partial charge in [-0.2, -0.15) is 5.10 Å². The fourth-order valence-corrected chi connectivity index (χ4v) is 4.35. The number of aromatic nitrogens is 3. The lowest BCUT2D eigenvalue weighted by Crippen LogP contribution is -2.26. The van der Waals surface area contributed by atoms with Gasteiger partial charge in [-0.15, -0.1) is 0 Å². The van der Waals surface area contributed by atoms with E-state index in [0.717, 1.165) is 31.7 Å². The highest BCUT2D eigenvalue weighted by Crippen LogP contribution is 2.42. The fourth-order valence-electron chi connectivity index (χ4n) is 4.35. The molecule has 7 heteroatoms. The number of aryl methyl sites for hydroxylation is 1. The molecule has 0 bridgehead atoms. The Bertz CT molecular complexity index is 967. The number of rotatable bonds is 8. The second-order valence-electron chi connectivity index (χ2n) is 8.01. The molecule has 3 heterocycles. The Hall–Kier alpha value is -2.80. The summed E-state index contributed by atoms with van der Waals surface area (Å²) in [5.41, 5.74) is 9.30. The van der Waals surface area contributed by atoms with Gasteiger partial charge in [0.25, 0.3) is 5.91 Å². The van der Waals surface area contributed by atoms with E-state index in [1.54, 1.807) is 18.6 Å². The molecule has 158 valence electrons. The quantitative estimate of drug-likeness (QED) is 0.659. The van der Waals surface area contributed by atoms with Crippen molar-refractivity contribution in [1.82, 2.24) is 25.3 Å². The molecule has 1 aliphatic carbocycles. The minimum absolute atomic E-state index is 0.202. The summed E-state index contributed by atoms with van der Waals surface area (Å²) in [6.07, 6.45) is 11.5. The Morgan fingerprint density at radius 1 is 1.23 bits per heavy atom. The third-order valence-electron chi connectivity index (χ3n) is 6.34. The number of nitrogens with one attached hydrogen (secondary N) is 2. The molecule has 1 aliphatic heterocycles. The highest BCUT2D eigenvalue weighted by molar-refractivity contribution is 6.32. The minimum Gasteiger partial charge on any atom is -0.359 e. The zero-order valence-electron chi connectivity index (χ0n) is 18.0. The van der Waals surface area contributed by atoms with Crippen LogP contribution in [-0.4, -0.2) is 51.1 Å². The van der Waals surface area contributed by atoms with E-state index in [2.05, 4.69) is 51.2 Å². The summed E-state index contributed by atoms with van der Waals surface area (Å²) in [4.78, 5) is 27.0. The highest BCUT2D eigenvalue weighted by atomic mass is 16.2. The molecule has 1 fully saturated rings. The summed E-state index contributed by atoms with van der Waals surface area (Å²) in [6, 6.07) is 0. The molecule has 0 unspecified atom stereocenters. The highest BCUT2D eigenvalue weighted by Gasteiger charge is 2.30. The number of hydrazone groups is 1. The van der Waals surface area contributed by atoms with Crippen LogP contribution in [-0.2, 0) is 11.2 Å². The SMILES string of the molecule is CCN(CC)CCc1c(C)[nH]c(/C=C2/C(=O)NN=C2c2cnccn2)c1C1CCC1. The van der Waals surface area contributed by atoms with Gasteiger partial charge >= 0.3 is 0 Å². The van der Waals surface area contributed by atoms with Crippen LogP contribution in [0.4, 0.5) is 0 Å². The summed E-state index contributed by atoms with van der Waals surface area (Å²) in [6.45, 7) is 9.74. The summed E-state index contributed by atoms with van der Waals surface area (Å²) in [7, 11) is 0. The van der Waals surface area contributed by atoms with Crippen molar-refractivity contribution in [3.63, 3.8) is 0 Å². The number of aromatic amines is 1. The van der Waals surface area contributed by atoms with E-state index in [1.165, 1.54) is 36.1 Å². The molecule has 0 spiro atoms. The van der Waals surface area contributed by atoms with Crippen molar-refractivity contribution in [1.29, 1.82) is 0 Å². The maximum absolute atomic E-state index is 12.5. The largest absolute Gasteiger partial charge is 0.359 e. The summed E-state index contributed by atoms with van der Waals surface area (Å²) in [5, 5.41) is 4.21. The predicted octanol–water partition coefficient (Wildman–Crippen LogP) is 3.18. The number of carbonyl (C=O) groups excluding carboxylic acids is 1. The smallest absolute Gasteiger partial charge is 0.273 e. The van der Waals surface area contributed by atoms with Gasteiger partial charge in [0.1, 0.15) is 11.4 Å². The number of amides is 1. The van der Waals surface area contributed by atoms with Crippen molar-refractivity contribution in [3.05, 3.63) is 52.4 Å². The van der Waals surface area contributed by atoms with Crippen LogP contribution in [0.3, 0.4) is 0 Å². The Kier molecular flexibility index (Phi) is 6.08. The van der Waals surface area contributed by atoms with Gasteiger partial charge in [0, 0.05) is 30.3 Å². The summed E-state index contributed by atoms with van der Waals surface area (Å²) in [5.74, 6) is 0.363. The van der Waals surface area contributed by atoms with E-state index in [1.807, 2.05) is 6.08 Å². The van der Waals surface area contributed by atoms with Crippen molar-refractivity contribution < 1.29 is 4.79 Å². The van der Waals surface area contributed by atoms with E-state index in [0.29, 0.717) is 22.9 Å². The number of likely N-dealkylation sites (N-methyl/N-ethyl adjacent to an activating group) is 1. The third kappa shape index (κ3) is 3.94. The molecular weight excluding hydrogens is 376 g/mol. The van der Waals surface area contributed by atoms with Gasteiger partial charge in [0.05, 0.1) is 11.8 Å². The fraction of sp³-hybridized carbons (Fsp3) is 0.478. The zero-order chi connectivity index (χ0) is 21.1. The molecular formula is C23H30N6O. The molecule has 2 aromatic heterocycles. The van der Waals surface area contributed by atoms with Crippen LogP contribution in [0, 0.1) is 6.92 Å². The van der Waals surface area contributed by atoms with E-state index in [-0.39, 0.29) is 5.91 Å². The van der Waals surface area contributed by atoms with E-state index in [4.69, 9.17) is 0 Å². The minimum atomic E-state index is -0.202. The van der Waals surface area contributed by atoms with E-state index >= 15 is 0 Å². The molecule has 7 nitrogen and oxygen atoms in total. The first-order chi connectivity index (χ1) is 14.6. The van der Waals surface area contributed by atoms with Crippen molar-refractivity contribution in [2.75, 3.05) is 19.6 Å². The van der Waals surface area contributed by atoms with Gasteiger partial charge in [-0.3, -0.25) is 14.8 Å². The van der Waals surface area contributed by atoms with Gasteiger partial charge in [0.2, 0.25) is 0 Å². The molecule has 1 amide bonds. The number of H-pyrrole nitrogens is 1. The topological polar surface area (TPSA) is 86.3 Å². The van der Waals surface area contributed by atoms with Crippen molar-refractivity contribution in [3.8, 4) is 0 Å². The lowest BCUT2D eigenvalue weighted by atomic mass is 9.77. The van der Waals surface area contributed by atoms with Crippen molar-refractivity contribution >= 4 is 17.7 Å². The van der Waals surface area contributed by atoms with Crippen LogP contribution >= 0.6 is 0 Å². The van der Waals surface area contributed by atoms with Crippen LogP contribution in [0.25, 0.3) is 6.08 Å². The van der Waals surface area contributed by atoms with Gasteiger partial charge in [-0.1, -0.05) is 20.3 Å². The van der Waals surface area contributed by atoms with Crippen LogP contribution in [0.15, 0.2) is 29.3 Å². The average molecular weight is 407 g/mol. The monoisotopic (exact) mass is 406 g/mol. The van der Waals surface area contributed by atoms with Crippen LogP contribution in [0.1, 0.15) is 67.2 Å². The second kappa shape index (κ2) is 8.92. The number of hydrogen-bond donors (Lipinski definition) is 2. The molecule has 2 N–H and O–H groups in total. The van der Waals surface area contributed by atoms with Crippen molar-refractivity contribution in [2.24, 2.45) is 5.10 Å². The lowest BCUT2D eigenvalue weighted by Gasteiger charge is -2.28. The molecule has 0 saturated heterocycles. The molecule has 2 aromatic rings. The maximum Gasteiger partial charge on any atom is 0.273 e. The van der Waals surface area contributed by atoms with Gasteiger partial charge in [0.15, 0.2) is 0 Å². The first-order valence-electron chi connectivity index (χ1n) is 10.9. The molecule has 0 aromatic carbocycles. The van der Waals surface area contributed by atoms with Crippen molar-refractivity contribution in [2.45, 2.75) is 52.4 Å². The molecule has 30 heavy (non-hydrogen) atoms. The van der Waals surface area contributed by atoms with E-state index in [9.17, 15) is 4.79 Å². The molecule has 4 rings (SSSR count). The van der Waals surface area contributed by atoms with Crippen LogP contribution < -0.4 is 5.43 Å². The summed E-state index contributed by atoms with van der Waals surface area (Å²) >= 11 is 0. The van der Waals surface area contributed by atoms with Gasteiger partial charge < -0.3 is 9.88 Å². The number of hydrogen-bond acceptors (Lipinski definition) is 5. The molecule has 1 saturated carbocycles. The Morgan fingerprint density at radius 2 is 2.03 bits per heavy atom. The first-order valence-corrected chi connectivity index (χ1v) is 10.9. The second-order valence-corrected chi connectivity index (χ2v) is 8.01. The maximum atomic E-state index is 12.5. The average Bonchev–Trinajstić information content (AvgIpc) is 3.23. The summed E-state index contributed by atoms with van der Waals surface area (Å²) < 4.78 is 0. The molecule has 0 atom stereocenters. The van der Waals surface area contributed by atoms with Crippen LogP contribution in [0.5, 0.6) is 0 Å². The predicted molar refractivity (Wildman–Crippen MR) is 118 cm³/mol. The molecule has 0 radical (unpaired) electrons. The Labute approximate surface area is 177 Å². The van der Waals surface area contributed by atoms with Crippen LogP contribution in [0.2, 0.25) is 0 Å². The normalized spacial score (nSPS) is 18.1. The van der Waals surface area contributed by atoms with Gasteiger partial charge in [-0.05, 0) is 62.4 Å². The Morgan fingerprint density at radius 3 is 2.67 bits per heavy atom. The lowest BCUT2D eigenvalue weighted by molar-refractivity contribution is -0.116. The van der Waals surface area contributed by atoms with E-state index < -0.39 is 0 Å². The standard InChI is InChI=1S/C23H30N6O/c1-4-29(5-2)12-9-17-15(3)26-19(21(17)16-7-6-8-16)13-18-22(27-28-23(18)30)20-14-24-10-11-25-20/h10-11,13-14,16,26H,4-9,12H2,1-3H3,(H,28,30)/b18-13+. The van der Waals surface area contributed by atoms with Gasteiger partial charge in [-0.25, -0.2) is 5.43 Å².